The highest BCUT2D eigenvalue weighted by atomic mass is 79.9. The molecule has 1 N–H and O–H groups in total. The summed E-state index contributed by atoms with van der Waals surface area (Å²) in [5.41, 5.74) is 0.636. The van der Waals surface area contributed by atoms with E-state index in [1.807, 2.05) is 20.8 Å². The maximum absolute atomic E-state index is 12.5. The second-order valence-corrected chi connectivity index (χ2v) is 7.86. The number of benzene rings is 1. The minimum Gasteiger partial charge on any atom is -0.444 e. The van der Waals surface area contributed by atoms with Gasteiger partial charge in [0.05, 0.1) is 12.3 Å². The van der Waals surface area contributed by atoms with Gasteiger partial charge in [-0.2, -0.15) is 0 Å². The van der Waals surface area contributed by atoms with Gasteiger partial charge in [-0.1, -0.05) is 6.07 Å². The summed E-state index contributed by atoms with van der Waals surface area (Å²) < 4.78 is 6.04. The minimum absolute atomic E-state index is 0.0694. The molecule has 0 atom stereocenters. The molecule has 6 nitrogen and oxygen atoms in total. The number of carbonyl (C=O) groups excluding carboxylic acids is 2. The Morgan fingerprint density at radius 1 is 1.32 bits per heavy atom. The molecule has 2 rings (SSSR count). The van der Waals surface area contributed by atoms with E-state index in [0.29, 0.717) is 41.8 Å². The zero-order chi connectivity index (χ0) is 18.6. The van der Waals surface area contributed by atoms with Gasteiger partial charge in [0, 0.05) is 23.5 Å². The van der Waals surface area contributed by atoms with Gasteiger partial charge in [-0.3, -0.25) is 4.79 Å². The van der Waals surface area contributed by atoms with E-state index >= 15 is 0 Å². The molecule has 0 unspecified atom stereocenters. The third-order valence-corrected chi connectivity index (χ3v) is 4.51. The lowest BCUT2D eigenvalue weighted by molar-refractivity contribution is -0.121. The van der Waals surface area contributed by atoms with E-state index < -0.39 is 5.60 Å². The van der Waals surface area contributed by atoms with Crippen LogP contribution in [0, 0.1) is 12.5 Å². The Morgan fingerprint density at radius 3 is 2.48 bits per heavy atom. The highest BCUT2D eigenvalue weighted by Crippen LogP contribution is 2.29. The molecule has 7 heteroatoms. The summed E-state index contributed by atoms with van der Waals surface area (Å²) in [4.78, 5) is 29.5. The molecule has 0 radical (unpaired) electrons. The smallest absolute Gasteiger partial charge is 0.410 e. The van der Waals surface area contributed by atoms with Crippen molar-refractivity contribution in [2.45, 2.75) is 39.2 Å². The third-order valence-electron chi connectivity index (χ3n) is 3.86. The standard InChI is InChI=1S/C18H22BrN3O3/c1-18(2,3)25-17(24)22-9-7-12(8-10-22)16(23)21-15-6-5-13(20-4)11-14(15)19/h5-6,11-12H,7-10H2,1-3H3,(H,21,23). The SMILES string of the molecule is [C-]#[N+]c1ccc(NC(=O)C2CCN(C(=O)OC(C)(C)C)CC2)c(Br)c1. The van der Waals surface area contributed by atoms with Crippen LogP contribution >= 0.6 is 15.9 Å². The van der Waals surface area contributed by atoms with Crippen molar-refractivity contribution < 1.29 is 14.3 Å². The van der Waals surface area contributed by atoms with Crippen LogP contribution in [0.2, 0.25) is 0 Å². The zero-order valence-electron chi connectivity index (χ0n) is 14.6. The number of carbonyl (C=O) groups is 2. The molecule has 1 aromatic carbocycles. The van der Waals surface area contributed by atoms with E-state index in [4.69, 9.17) is 11.3 Å². The zero-order valence-corrected chi connectivity index (χ0v) is 16.2. The van der Waals surface area contributed by atoms with Crippen molar-refractivity contribution in [3.05, 3.63) is 34.1 Å². The molecule has 0 bridgehead atoms. The largest absolute Gasteiger partial charge is 0.444 e. The van der Waals surface area contributed by atoms with Crippen LogP contribution in [0.15, 0.2) is 22.7 Å². The maximum atomic E-state index is 12.5. The Labute approximate surface area is 156 Å². The van der Waals surface area contributed by atoms with Crippen molar-refractivity contribution in [1.29, 1.82) is 0 Å². The molecule has 1 aliphatic heterocycles. The Bertz CT molecular complexity index is 698. The number of anilines is 1. The van der Waals surface area contributed by atoms with Crippen molar-refractivity contribution in [3.8, 4) is 0 Å². The molecule has 25 heavy (non-hydrogen) atoms. The highest BCUT2D eigenvalue weighted by Gasteiger charge is 2.30. The highest BCUT2D eigenvalue weighted by molar-refractivity contribution is 9.10. The predicted octanol–water partition coefficient (Wildman–Crippen LogP) is 4.59. The number of hydrogen-bond donors (Lipinski definition) is 1. The first kappa shape index (κ1) is 19.3. The number of likely N-dealkylation sites (tertiary alicyclic amines) is 1. The van der Waals surface area contributed by atoms with E-state index in [9.17, 15) is 9.59 Å². The van der Waals surface area contributed by atoms with Gasteiger partial charge in [-0.05, 0) is 61.7 Å². The lowest BCUT2D eigenvalue weighted by Gasteiger charge is -2.33. The second-order valence-electron chi connectivity index (χ2n) is 7.01. The fraction of sp³-hybridized carbons (Fsp3) is 0.500. The van der Waals surface area contributed by atoms with Gasteiger partial charge in [-0.15, -0.1) is 0 Å². The molecular weight excluding hydrogens is 386 g/mol. The fourth-order valence-electron chi connectivity index (χ4n) is 2.56. The summed E-state index contributed by atoms with van der Waals surface area (Å²) in [6.45, 7) is 13.5. The van der Waals surface area contributed by atoms with Gasteiger partial charge < -0.3 is 15.0 Å². The molecule has 1 fully saturated rings. The summed E-state index contributed by atoms with van der Waals surface area (Å²) in [6.07, 6.45) is 0.870. The topological polar surface area (TPSA) is 63.0 Å². The number of halogens is 1. The molecule has 1 aliphatic rings. The van der Waals surface area contributed by atoms with Gasteiger partial charge in [-0.25, -0.2) is 9.64 Å². The van der Waals surface area contributed by atoms with E-state index in [1.54, 1.807) is 23.1 Å². The fourth-order valence-corrected chi connectivity index (χ4v) is 3.03. The first-order chi connectivity index (χ1) is 11.7. The number of piperidine rings is 1. The first-order valence-electron chi connectivity index (χ1n) is 8.15. The normalized spacial score (nSPS) is 15.4. The summed E-state index contributed by atoms with van der Waals surface area (Å²) in [6, 6.07) is 5.05. The maximum Gasteiger partial charge on any atom is 0.410 e. The van der Waals surface area contributed by atoms with Crippen LogP contribution in [-0.4, -0.2) is 35.6 Å². The molecule has 1 saturated heterocycles. The Balaban J connectivity index is 1.89. The van der Waals surface area contributed by atoms with Gasteiger partial charge in [0.1, 0.15) is 5.60 Å². The van der Waals surface area contributed by atoms with Crippen LogP contribution < -0.4 is 5.32 Å². The quantitative estimate of drug-likeness (QED) is 0.729. The van der Waals surface area contributed by atoms with E-state index in [2.05, 4.69) is 26.1 Å². The molecule has 0 aliphatic carbocycles. The first-order valence-corrected chi connectivity index (χ1v) is 8.94. The molecule has 0 saturated carbocycles. The van der Waals surface area contributed by atoms with E-state index in [0.717, 1.165) is 0 Å². The predicted molar refractivity (Wildman–Crippen MR) is 99.6 cm³/mol. The lowest BCUT2D eigenvalue weighted by atomic mass is 9.96. The van der Waals surface area contributed by atoms with Gasteiger partial charge in [0.25, 0.3) is 0 Å². The summed E-state index contributed by atoms with van der Waals surface area (Å²) in [7, 11) is 0. The number of nitrogens with zero attached hydrogens (tertiary/aromatic N) is 2. The van der Waals surface area contributed by atoms with Crippen molar-refractivity contribution in [1.82, 2.24) is 4.90 Å². The van der Waals surface area contributed by atoms with Crippen LogP contribution in [0.4, 0.5) is 16.2 Å². The van der Waals surface area contributed by atoms with Crippen molar-refractivity contribution in [3.63, 3.8) is 0 Å². The summed E-state index contributed by atoms with van der Waals surface area (Å²) in [5.74, 6) is -0.216. The number of ether oxygens (including phenoxy) is 1. The molecule has 0 aromatic heterocycles. The van der Waals surface area contributed by atoms with Gasteiger partial charge in [0.2, 0.25) is 5.91 Å². The second kappa shape index (κ2) is 7.87. The van der Waals surface area contributed by atoms with Crippen molar-refractivity contribution in [2.24, 2.45) is 5.92 Å². The number of hydrogen-bond acceptors (Lipinski definition) is 3. The summed E-state index contributed by atoms with van der Waals surface area (Å²) >= 11 is 3.37. The Kier molecular flexibility index (Phi) is 6.07. The van der Waals surface area contributed by atoms with Crippen LogP contribution in [0.1, 0.15) is 33.6 Å². The van der Waals surface area contributed by atoms with Crippen molar-refractivity contribution in [2.75, 3.05) is 18.4 Å². The average Bonchev–Trinajstić information content (AvgIpc) is 2.55. The van der Waals surface area contributed by atoms with Gasteiger partial charge >= 0.3 is 6.09 Å². The third kappa shape index (κ3) is 5.46. The van der Waals surface area contributed by atoms with Crippen LogP contribution in [0.3, 0.4) is 0 Å². The monoisotopic (exact) mass is 407 g/mol. The average molecular weight is 408 g/mol. The lowest BCUT2D eigenvalue weighted by Crippen LogP contribution is -2.43. The molecule has 134 valence electrons. The molecule has 1 aromatic rings. The van der Waals surface area contributed by atoms with Crippen molar-refractivity contribution >= 4 is 39.3 Å². The molecule has 2 amide bonds. The molecule has 1 heterocycles. The van der Waals surface area contributed by atoms with E-state index in [-0.39, 0.29) is 17.9 Å². The Morgan fingerprint density at radius 2 is 1.96 bits per heavy atom. The van der Waals surface area contributed by atoms with E-state index in [1.165, 1.54) is 0 Å². The Hall–Kier alpha value is -2.07. The van der Waals surface area contributed by atoms with Crippen LogP contribution in [0.25, 0.3) is 4.85 Å². The van der Waals surface area contributed by atoms with Crippen LogP contribution in [-0.2, 0) is 9.53 Å². The number of nitrogens with one attached hydrogen (secondary N) is 1. The summed E-state index contributed by atoms with van der Waals surface area (Å²) in [5, 5.41) is 2.89. The van der Waals surface area contributed by atoms with Gasteiger partial charge in [0.15, 0.2) is 5.69 Å². The minimum atomic E-state index is -0.519. The number of rotatable bonds is 2. The molecule has 0 spiro atoms. The number of amides is 2. The van der Waals surface area contributed by atoms with Crippen LogP contribution in [0.5, 0.6) is 0 Å². The molecular formula is C18H22BrN3O3.